The lowest BCUT2D eigenvalue weighted by atomic mass is 9.48. The summed E-state index contributed by atoms with van der Waals surface area (Å²) >= 11 is 12.4. The Labute approximate surface area is 280 Å². The Balaban J connectivity index is 1.39. The largest absolute Gasteiger partial charge is 0.541 e. The molecular formula is C36H50Cl2N2O4Si. The molecule has 0 aromatic heterocycles. The van der Waals surface area contributed by atoms with Crippen LogP contribution in [0.5, 0.6) is 11.5 Å². The molecule has 2 aromatic rings. The van der Waals surface area contributed by atoms with Gasteiger partial charge >= 0.3 is 0 Å². The Kier molecular flexibility index (Phi) is 8.64. The molecule has 1 N–H and O–H groups in total. The van der Waals surface area contributed by atoms with E-state index in [-0.39, 0.29) is 29.4 Å². The predicted octanol–water partition coefficient (Wildman–Crippen LogP) is 7.65. The Morgan fingerprint density at radius 3 is 2.49 bits per heavy atom. The van der Waals surface area contributed by atoms with E-state index in [1.165, 1.54) is 18.4 Å². The smallest absolute Gasteiger partial charge is 0.250 e. The maximum Gasteiger partial charge on any atom is 0.250 e. The number of rotatable bonds is 8. The van der Waals surface area contributed by atoms with Crippen LogP contribution in [0.3, 0.4) is 0 Å². The lowest BCUT2D eigenvalue weighted by Crippen LogP contribution is -2.74. The summed E-state index contributed by atoms with van der Waals surface area (Å²) in [4.78, 5) is 18.2. The second-order valence-electron chi connectivity index (χ2n) is 15.7. The van der Waals surface area contributed by atoms with Gasteiger partial charge in [-0.15, -0.1) is 0 Å². The third kappa shape index (κ3) is 5.73. The Morgan fingerprint density at radius 2 is 1.84 bits per heavy atom. The zero-order chi connectivity index (χ0) is 32.5. The van der Waals surface area contributed by atoms with E-state index in [4.69, 9.17) is 32.4 Å². The van der Waals surface area contributed by atoms with Gasteiger partial charge in [-0.2, -0.15) is 0 Å². The van der Waals surface area contributed by atoms with Crippen molar-refractivity contribution >= 4 is 37.4 Å². The molecule has 1 heterocycles. The molecule has 1 aliphatic heterocycles. The zero-order valence-electron chi connectivity index (χ0n) is 28.0. The van der Waals surface area contributed by atoms with Crippen LogP contribution >= 0.6 is 23.2 Å². The van der Waals surface area contributed by atoms with Crippen LogP contribution in [-0.4, -0.2) is 74.1 Å². The lowest BCUT2D eigenvalue weighted by molar-refractivity contribution is -0.178. The number of fused-ring (bicyclic) bond motifs is 1. The minimum absolute atomic E-state index is 0.0169. The minimum atomic E-state index is -2.17. The molecule has 4 aliphatic rings. The van der Waals surface area contributed by atoms with Crippen LogP contribution in [0.2, 0.25) is 28.2 Å². The number of aliphatic hydroxyl groups is 1. The standard InChI is InChI=1S/C36H50Cl2N2O4Si/c1-34(2,3)45(6,7)44-29-13-11-25-20-30-36(42)15-14-26(39(4)31(41)19-24-10-12-27(37)28(38)18-24)21-35(36,32(25)33(29)43-5)16-17-40(30)22-23-8-9-23/h10-13,18,23,26,30,42H,8-9,14-17,19-22H2,1-7H3/t26?,30-,35-,36-/m1/s1. The number of carbonyl (C=O) groups excluding carboxylic acids is 1. The first-order valence-corrected chi connectivity index (χ1v) is 20.3. The average molecular weight is 674 g/mol. The summed E-state index contributed by atoms with van der Waals surface area (Å²) in [6.07, 6.45) is 6.55. The molecule has 2 bridgehead atoms. The SMILES string of the molecule is COc1c(O[Si](C)(C)C(C)(C)C)ccc2c1[C@]13CCN(CC4CC4)[C@H](C2)[C@]1(O)CCC(N(C)C(=O)Cc1ccc(Cl)c(Cl)c1)C3. The fourth-order valence-electron chi connectivity index (χ4n) is 8.20. The lowest BCUT2D eigenvalue weighted by Gasteiger charge is -2.65. The second-order valence-corrected chi connectivity index (χ2v) is 21.3. The number of amides is 1. The van der Waals surface area contributed by atoms with Crippen molar-refractivity contribution in [3.63, 3.8) is 0 Å². The molecule has 4 atom stereocenters. The highest BCUT2D eigenvalue weighted by atomic mass is 35.5. The first-order valence-electron chi connectivity index (χ1n) is 16.7. The van der Waals surface area contributed by atoms with Crippen LogP contribution in [0.1, 0.15) is 76.0 Å². The molecular weight excluding hydrogens is 623 g/mol. The molecule has 246 valence electrons. The summed E-state index contributed by atoms with van der Waals surface area (Å²) < 4.78 is 13.2. The van der Waals surface area contributed by atoms with Crippen LogP contribution in [0.25, 0.3) is 0 Å². The van der Waals surface area contributed by atoms with Gasteiger partial charge in [-0.05, 0) is 105 Å². The molecule has 9 heteroatoms. The van der Waals surface area contributed by atoms with Gasteiger partial charge in [-0.1, -0.05) is 56.1 Å². The van der Waals surface area contributed by atoms with Crippen molar-refractivity contribution in [2.45, 2.75) is 113 Å². The molecule has 45 heavy (non-hydrogen) atoms. The van der Waals surface area contributed by atoms with E-state index in [1.54, 1.807) is 19.2 Å². The average Bonchev–Trinajstić information content (AvgIpc) is 3.79. The molecule has 0 radical (unpaired) electrons. The summed E-state index contributed by atoms with van der Waals surface area (Å²) in [5.41, 5.74) is 1.73. The highest BCUT2D eigenvalue weighted by Gasteiger charge is 2.66. The van der Waals surface area contributed by atoms with Crippen LogP contribution in [0.4, 0.5) is 0 Å². The van der Waals surface area contributed by atoms with Crippen LogP contribution < -0.4 is 9.16 Å². The third-order valence-electron chi connectivity index (χ3n) is 12.0. The molecule has 6 nitrogen and oxygen atoms in total. The highest BCUT2D eigenvalue weighted by Crippen LogP contribution is 2.62. The zero-order valence-corrected chi connectivity index (χ0v) is 30.5. The number of methoxy groups -OCH3 is 1. The number of likely N-dealkylation sites (tertiary alicyclic amines) is 1. The summed E-state index contributed by atoms with van der Waals surface area (Å²) in [6.45, 7) is 13.3. The van der Waals surface area contributed by atoms with Crippen molar-refractivity contribution in [1.29, 1.82) is 0 Å². The maximum absolute atomic E-state index is 13.7. The van der Waals surface area contributed by atoms with E-state index in [9.17, 15) is 9.90 Å². The third-order valence-corrected chi connectivity index (χ3v) is 17.1. The number of carbonyl (C=O) groups is 1. The number of hydrogen-bond donors (Lipinski definition) is 1. The van der Waals surface area contributed by atoms with Gasteiger partial charge in [0.25, 0.3) is 8.32 Å². The van der Waals surface area contributed by atoms with E-state index in [2.05, 4.69) is 50.9 Å². The summed E-state index contributed by atoms with van der Waals surface area (Å²) in [6, 6.07) is 9.76. The van der Waals surface area contributed by atoms with Gasteiger partial charge in [-0.3, -0.25) is 9.69 Å². The predicted molar refractivity (Wildman–Crippen MR) is 184 cm³/mol. The summed E-state index contributed by atoms with van der Waals surface area (Å²) in [5, 5.41) is 14.0. The van der Waals surface area contributed by atoms with Crippen LogP contribution in [-0.2, 0) is 23.1 Å². The summed E-state index contributed by atoms with van der Waals surface area (Å²) in [7, 11) is 1.49. The molecule has 1 unspecified atom stereocenters. The quantitative estimate of drug-likeness (QED) is 0.292. The summed E-state index contributed by atoms with van der Waals surface area (Å²) in [5.74, 6) is 2.35. The van der Waals surface area contributed by atoms with Gasteiger partial charge in [-0.25, -0.2) is 0 Å². The second kappa shape index (κ2) is 11.7. The molecule has 1 saturated heterocycles. The normalized spacial score (nSPS) is 28.2. The highest BCUT2D eigenvalue weighted by molar-refractivity contribution is 6.74. The Morgan fingerprint density at radius 1 is 1.11 bits per heavy atom. The van der Waals surface area contributed by atoms with E-state index < -0.39 is 19.3 Å². The van der Waals surface area contributed by atoms with Gasteiger partial charge in [0.2, 0.25) is 5.91 Å². The Bertz CT molecular complexity index is 1470. The van der Waals surface area contributed by atoms with Gasteiger partial charge in [0.1, 0.15) is 5.75 Å². The number of nitrogens with zero attached hydrogens (tertiary/aromatic N) is 2. The fraction of sp³-hybridized carbons (Fsp3) is 0.639. The molecule has 3 aliphatic carbocycles. The van der Waals surface area contributed by atoms with Crippen molar-refractivity contribution in [1.82, 2.24) is 9.80 Å². The van der Waals surface area contributed by atoms with E-state index in [0.717, 1.165) is 60.9 Å². The van der Waals surface area contributed by atoms with Crippen molar-refractivity contribution in [3.05, 3.63) is 57.1 Å². The van der Waals surface area contributed by atoms with Crippen molar-refractivity contribution < 1.29 is 19.1 Å². The van der Waals surface area contributed by atoms with Gasteiger partial charge in [0, 0.05) is 36.7 Å². The van der Waals surface area contributed by atoms with Crippen LogP contribution in [0.15, 0.2) is 30.3 Å². The van der Waals surface area contributed by atoms with Gasteiger partial charge in [0.15, 0.2) is 5.75 Å². The first kappa shape index (κ1) is 33.1. The number of piperidine rings is 1. The van der Waals surface area contributed by atoms with Crippen LogP contribution in [0, 0.1) is 5.92 Å². The number of ether oxygens (including phenoxy) is 1. The fourth-order valence-corrected chi connectivity index (χ4v) is 9.53. The molecule has 3 fully saturated rings. The van der Waals surface area contributed by atoms with Crippen molar-refractivity contribution in [2.75, 3.05) is 27.2 Å². The minimum Gasteiger partial charge on any atom is -0.541 e. The molecule has 1 amide bonds. The topological polar surface area (TPSA) is 62.2 Å². The molecule has 6 rings (SSSR count). The number of halogens is 2. The maximum atomic E-state index is 13.7. The van der Waals surface area contributed by atoms with Gasteiger partial charge in [0.05, 0.1) is 29.2 Å². The van der Waals surface area contributed by atoms with Crippen molar-refractivity contribution in [3.8, 4) is 11.5 Å². The van der Waals surface area contributed by atoms with E-state index in [0.29, 0.717) is 22.9 Å². The number of hydrogen-bond acceptors (Lipinski definition) is 5. The molecule has 2 aromatic carbocycles. The van der Waals surface area contributed by atoms with E-state index >= 15 is 0 Å². The molecule has 0 spiro atoms. The Hall–Kier alpha value is -1.77. The van der Waals surface area contributed by atoms with Crippen molar-refractivity contribution in [2.24, 2.45) is 5.92 Å². The van der Waals surface area contributed by atoms with E-state index in [1.807, 2.05) is 18.0 Å². The number of benzene rings is 2. The number of likely N-dealkylation sites (N-methyl/N-ethyl adjacent to an activating group) is 1. The first-order chi connectivity index (χ1) is 21.1. The van der Waals surface area contributed by atoms with Gasteiger partial charge < -0.3 is 19.2 Å². The molecule has 2 saturated carbocycles. The monoisotopic (exact) mass is 672 g/mol.